The number of aromatic amines is 1. The number of hydrogen-bond acceptors (Lipinski definition) is 3. The number of H-pyrrole nitrogens is 1. The highest BCUT2D eigenvalue weighted by molar-refractivity contribution is 5.92. The number of nitrogens with zero attached hydrogens (tertiary/aromatic N) is 3. The number of amides is 1. The smallest absolute Gasteiger partial charge is 0.272 e. The van der Waals surface area contributed by atoms with E-state index in [1.807, 2.05) is 27.0 Å². The zero-order valence-electron chi connectivity index (χ0n) is 10.7. The van der Waals surface area contributed by atoms with E-state index in [0.29, 0.717) is 5.69 Å². The van der Waals surface area contributed by atoms with E-state index in [-0.39, 0.29) is 18.0 Å². The minimum atomic E-state index is -0.178. The summed E-state index contributed by atoms with van der Waals surface area (Å²) in [5.41, 5.74) is 1.37. The second kappa shape index (κ2) is 5.03. The van der Waals surface area contributed by atoms with Crippen molar-refractivity contribution in [3.8, 4) is 0 Å². The topological polar surface area (TPSA) is 75.6 Å². The summed E-state index contributed by atoms with van der Waals surface area (Å²) >= 11 is 0. The van der Waals surface area contributed by atoms with Crippen LogP contribution in [-0.2, 0) is 0 Å². The van der Waals surface area contributed by atoms with Crippen LogP contribution in [-0.4, -0.2) is 25.9 Å². The first kappa shape index (κ1) is 12.3. The zero-order valence-corrected chi connectivity index (χ0v) is 10.7. The van der Waals surface area contributed by atoms with Crippen molar-refractivity contribution in [3.63, 3.8) is 0 Å². The summed E-state index contributed by atoms with van der Waals surface area (Å²) in [6, 6.07) is 1.87. The lowest BCUT2D eigenvalue weighted by molar-refractivity contribution is 0.0934. The summed E-state index contributed by atoms with van der Waals surface area (Å²) in [5.74, 6) is -0.178. The molecule has 2 heterocycles. The predicted molar refractivity (Wildman–Crippen MR) is 67.1 cm³/mol. The maximum absolute atomic E-state index is 12.0. The Morgan fingerprint density at radius 1 is 1.44 bits per heavy atom. The Morgan fingerprint density at radius 3 is 2.78 bits per heavy atom. The standard InChI is InChI=1S/C12H17N5O/c1-8(2)17-5-4-11(16-17)12(18)15-9(3)10-6-13-14-7-10/h4-9H,1-3H3,(H,13,14)(H,15,18). The molecule has 18 heavy (non-hydrogen) atoms. The highest BCUT2D eigenvalue weighted by Gasteiger charge is 2.14. The number of aromatic nitrogens is 4. The van der Waals surface area contributed by atoms with Crippen molar-refractivity contribution in [2.45, 2.75) is 32.9 Å². The first-order chi connectivity index (χ1) is 8.58. The Labute approximate surface area is 105 Å². The maximum Gasteiger partial charge on any atom is 0.272 e. The van der Waals surface area contributed by atoms with Gasteiger partial charge in [-0.25, -0.2) is 0 Å². The van der Waals surface area contributed by atoms with Crippen molar-refractivity contribution >= 4 is 5.91 Å². The quantitative estimate of drug-likeness (QED) is 0.863. The predicted octanol–water partition coefficient (Wildman–Crippen LogP) is 1.68. The molecular formula is C12H17N5O. The molecule has 0 aliphatic carbocycles. The van der Waals surface area contributed by atoms with Gasteiger partial charge in [-0.05, 0) is 26.8 Å². The van der Waals surface area contributed by atoms with Gasteiger partial charge in [0.1, 0.15) is 5.69 Å². The lowest BCUT2D eigenvalue weighted by atomic mass is 10.2. The van der Waals surface area contributed by atoms with E-state index >= 15 is 0 Å². The third-order valence-electron chi connectivity index (χ3n) is 2.74. The fourth-order valence-corrected chi connectivity index (χ4v) is 1.60. The van der Waals surface area contributed by atoms with Crippen LogP contribution in [0.5, 0.6) is 0 Å². The van der Waals surface area contributed by atoms with E-state index in [1.165, 1.54) is 0 Å². The van der Waals surface area contributed by atoms with Gasteiger partial charge in [0.25, 0.3) is 5.91 Å². The molecule has 1 unspecified atom stereocenters. The fraction of sp³-hybridized carbons (Fsp3) is 0.417. The van der Waals surface area contributed by atoms with Gasteiger partial charge in [-0.3, -0.25) is 14.6 Å². The van der Waals surface area contributed by atoms with Crippen LogP contribution in [0.3, 0.4) is 0 Å². The summed E-state index contributed by atoms with van der Waals surface area (Å²) in [6.07, 6.45) is 5.26. The largest absolute Gasteiger partial charge is 0.344 e. The molecular weight excluding hydrogens is 230 g/mol. The molecule has 6 nitrogen and oxygen atoms in total. The van der Waals surface area contributed by atoms with E-state index in [4.69, 9.17) is 0 Å². The van der Waals surface area contributed by atoms with Crippen LogP contribution < -0.4 is 5.32 Å². The molecule has 0 spiro atoms. The average Bonchev–Trinajstić information content (AvgIpc) is 3.00. The summed E-state index contributed by atoms with van der Waals surface area (Å²) in [4.78, 5) is 12.0. The van der Waals surface area contributed by atoms with E-state index in [0.717, 1.165) is 5.56 Å². The molecule has 2 aromatic heterocycles. The molecule has 0 aliphatic heterocycles. The third kappa shape index (κ3) is 2.58. The Morgan fingerprint density at radius 2 is 2.22 bits per heavy atom. The second-order valence-electron chi connectivity index (χ2n) is 4.50. The monoisotopic (exact) mass is 247 g/mol. The highest BCUT2D eigenvalue weighted by Crippen LogP contribution is 2.10. The van der Waals surface area contributed by atoms with Crippen LogP contribution in [0.15, 0.2) is 24.7 Å². The molecule has 0 saturated carbocycles. The van der Waals surface area contributed by atoms with Gasteiger partial charge >= 0.3 is 0 Å². The van der Waals surface area contributed by atoms with Crippen LogP contribution >= 0.6 is 0 Å². The fourth-order valence-electron chi connectivity index (χ4n) is 1.60. The molecule has 1 atom stereocenters. The van der Waals surface area contributed by atoms with E-state index < -0.39 is 0 Å². The first-order valence-electron chi connectivity index (χ1n) is 5.92. The van der Waals surface area contributed by atoms with Crippen LogP contribution in [0.25, 0.3) is 0 Å². The second-order valence-corrected chi connectivity index (χ2v) is 4.50. The molecule has 2 N–H and O–H groups in total. The van der Waals surface area contributed by atoms with E-state index in [1.54, 1.807) is 23.1 Å². The lowest BCUT2D eigenvalue weighted by Gasteiger charge is -2.10. The molecule has 2 rings (SSSR count). The molecule has 0 aromatic carbocycles. The third-order valence-corrected chi connectivity index (χ3v) is 2.74. The summed E-state index contributed by atoms with van der Waals surface area (Å²) in [7, 11) is 0. The molecule has 0 fully saturated rings. The van der Waals surface area contributed by atoms with Crippen molar-refractivity contribution in [2.75, 3.05) is 0 Å². The van der Waals surface area contributed by atoms with Crippen LogP contribution in [0.1, 0.15) is 48.9 Å². The molecule has 2 aromatic rings. The molecule has 0 saturated heterocycles. The van der Waals surface area contributed by atoms with Gasteiger partial charge in [-0.2, -0.15) is 10.2 Å². The number of nitrogens with one attached hydrogen (secondary N) is 2. The molecule has 96 valence electrons. The Kier molecular flexibility index (Phi) is 3.45. The van der Waals surface area contributed by atoms with Crippen LogP contribution in [0.4, 0.5) is 0 Å². The van der Waals surface area contributed by atoms with Crippen LogP contribution in [0, 0.1) is 0 Å². The summed E-state index contributed by atoms with van der Waals surface area (Å²) in [6.45, 7) is 5.94. The van der Waals surface area contributed by atoms with Crippen molar-refractivity contribution in [1.29, 1.82) is 0 Å². The average molecular weight is 247 g/mol. The first-order valence-corrected chi connectivity index (χ1v) is 5.92. The molecule has 0 radical (unpaired) electrons. The van der Waals surface area contributed by atoms with Gasteiger partial charge < -0.3 is 5.32 Å². The zero-order chi connectivity index (χ0) is 13.1. The van der Waals surface area contributed by atoms with Gasteiger partial charge in [-0.15, -0.1) is 0 Å². The summed E-state index contributed by atoms with van der Waals surface area (Å²) in [5, 5.41) is 13.7. The normalized spacial score (nSPS) is 12.7. The maximum atomic E-state index is 12.0. The number of carbonyl (C=O) groups excluding carboxylic acids is 1. The van der Waals surface area contributed by atoms with Gasteiger partial charge in [0.15, 0.2) is 0 Å². The van der Waals surface area contributed by atoms with Gasteiger partial charge in [0.05, 0.1) is 12.2 Å². The Balaban J connectivity index is 2.03. The van der Waals surface area contributed by atoms with E-state index in [2.05, 4.69) is 20.6 Å². The van der Waals surface area contributed by atoms with Crippen molar-refractivity contribution in [1.82, 2.24) is 25.3 Å². The minimum absolute atomic E-state index is 0.0968. The number of carbonyl (C=O) groups is 1. The summed E-state index contributed by atoms with van der Waals surface area (Å²) < 4.78 is 1.76. The van der Waals surface area contributed by atoms with Gasteiger partial charge in [0.2, 0.25) is 0 Å². The molecule has 0 aliphatic rings. The van der Waals surface area contributed by atoms with Crippen molar-refractivity contribution in [3.05, 3.63) is 35.9 Å². The molecule has 6 heteroatoms. The van der Waals surface area contributed by atoms with Crippen molar-refractivity contribution in [2.24, 2.45) is 0 Å². The van der Waals surface area contributed by atoms with E-state index in [9.17, 15) is 4.79 Å². The minimum Gasteiger partial charge on any atom is -0.344 e. The van der Waals surface area contributed by atoms with Gasteiger partial charge in [0, 0.05) is 24.0 Å². The SMILES string of the molecule is CC(NC(=O)c1ccn(C(C)C)n1)c1cn[nH]c1. The highest BCUT2D eigenvalue weighted by atomic mass is 16.2. The van der Waals surface area contributed by atoms with Crippen molar-refractivity contribution < 1.29 is 4.79 Å². The Bertz CT molecular complexity index is 514. The molecule has 0 bridgehead atoms. The Hall–Kier alpha value is -2.11. The number of hydrogen-bond donors (Lipinski definition) is 2. The van der Waals surface area contributed by atoms with Gasteiger partial charge in [-0.1, -0.05) is 0 Å². The molecule has 1 amide bonds. The lowest BCUT2D eigenvalue weighted by Crippen LogP contribution is -2.27. The van der Waals surface area contributed by atoms with Crippen LogP contribution in [0.2, 0.25) is 0 Å². The number of rotatable bonds is 4.